The summed E-state index contributed by atoms with van der Waals surface area (Å²) in [5.74, 6) is -15.9. The molecule has 2 aromatic carbocycles. The van der Waals surface area contributed by atoms with Crippen molar-refractivity contribution in [3.8, 4) is 0 Å². The van der Waals surface area contributed by atoms with Gasteiger partial charge in [-0.1, -0.05) is 0 Å². The maximum atomic E-state index is 13.4. The molecule has 1 nitrogen and oxygen atoms in total. The van der Waals surface area contributed by atoms with Crippen LogP contribution in [-0.4, -0.2) is 6.29 Å². The van der Waals surface area contributed by atoms with Gasteiger partial charge in [-0.15, -0.1) is 0 Å². The Morgan fingerprint density at radius 2 is 0.895 bits per heavy atom. The standard InChI is InChI=1S/C11HF7O/c12-5-2(1-19)3-4(7(14)9(5)16)8(15)11(18)10(17)6(3)13/h1H. The van der Waals surface area contributed by atoms with Crippen molar-refractivity contribution in [1.82, 2.24) is 0 Å². The van der Waals surface area contributed by atoms with E-state index in [1.165, 1.54) is 0 Å². The summed E-state index contributed by atoms with van der Waals surface area (Å²) < 4.78 is 92.1. The maximum absolute atomic E-state index is 13.4. The number of aldehydes is 1. The minimum absolute atomic E-state index is 0.458. The van der Waals surface area contributed by atoms with Crippen LogP contribution in [0.25, 0.3) is 10.8 Å². The van der Waals surface area contributed by atoms with Gasteiger partial charge in [-0.3, -0.25) is 4.79 Å². The van der Waals surface area contributed by atoms with Crippen molar-refractivity contribution >= 4 is 17.1 Å². The predicted molar refractivity (Wildman–Crippen MR) is 49.0 cm³/mol. The van der Waals surface area contributed by atoms with Crippen molar-refractivity contribution in [3.63, 3.8) is 0 Å². The highest BCUT2D eigenvalue weighted by Gasteiger charge is 2.29. The molecule has 0 atom stereocenters. The Morgan fingerprint density at radius 3 is 1.32 bits per heavy atom. The molecule has 0 bridgehead atoms. The predicted octanol–water partition coefficient (Wildman–Crippen LogP) is 3.63. The number of carbonyl (C=O) groups is 1. The number of rotatable bonds is 1. The second kappa shape index (κ2) is 4.22. The van der Waals surface area contributed by atoms with Crippen LogP contribution >= 0.6 is 0 Å². The van der Waals surface area contributed by atoms with E-state index in [9.17, 15) is 35.5 Å². The molecule has 0 heterocycles. The van der Waals surface area contributed by atoms with Crippen LogP contribution in [0.1, 0.15) is 10.4 Å². The van der Waals surface area contributed by atoms with Gasteiger partial charge in [-0.2, -0.15) is 0 Å². The van der Waals surface area contributed by atoms with Gasteiger partial charge < -0.3 is 0 Å². The van der Waals surface area contributed by atoms with Gasteiger partial charge in [0.2, 0.25) is 0 Å². The molecule has 2 aromatic rings. The Balaban J connectivity index is 3.25. The van der Waals surface area contributed by atoms with Gasteiger partial charge >= 0.3 is 0 Å². The van der Waals surface area contributed by atoms with Crippen LogP contribution in [0.2, 0.25) is 0 Å². The van der Waals surface area contributed by atoms with Gasteiger partial charge in [-0.25, -0.2) is 30.7 Å². The Kier molecular flexibility index (Phi) is 2.95. The van der Waals surface area contributed by atoms with E-state index in [1.54, 1.807) is 0 Å². The van der Waals surface area contributed by atoms with Crippen LogP contribution in [0, 0.1) is 40.7 Å². The van der Waals surface area contributed by atoms with E-state index in [4.69, 9.17) is 0 Å². The van der Waals surface area contributed by atoms with E-state index < -0.39 is 63.3 Å². The first-order valence-corrected chi connectivity index (χ1v) is 4.60. The van der Waals surface area contributed by atoms with Crippen molar-refractivity contribution in [2.24, 2.45) is 0 Å². The Morgan fingerprint density at radius 1 is 0.526 bits per heavy atom. The molecule has 19 heavy (non-hydrogen) atoms. The third-order valence-corrected chi connectivity index (χ3v) is 2.50. The van der Waals surface area contributed by atoms with Crippen LogP contribution in [0.4, 0.5) is 30.7 Å². The molecule has 0 aliphatic heterocycles. The quantitative estimate of drug-likeness (QED) is 0.338. The van der Waals surface area contributed by atoms with E-state index in [0.29, 0.717) is 0 Å². The Labute approximate surface area is 99.8 Å². The Bertz CT molecular complexity index is 715. The fourth-order valence-electron chi connectivity index (χ4n) is 1.64. The van der Waals surface area contributed by atoms with Crippen LogP contribution in [0.3, 0.4) is 0 Å². The summed E-state index contributed by atoms with van der Waals surface area (Å²) in [5.41, 5.74) is -1.44. The maximum Gasteiger partial charge on any atom is 0.198 e. The van der Waals surface area contributed by atoms with Gasteiger partial charge in [0.25, 0.3) is 0 Å². The van der Waals surface area contributed by atoms with E-state index in [-0.39, 0.29) is 0 Å². The zero-order chi connectivity index (χ0) is 14.5. The van der Waals surface area contributed by atoms with E-state index in [0.717, 1.165) is 0 Å². The summed E-state index contributed by atoms with van der Waals surface area (Å²) in [4.78, 5) is 10.5. The molecule has 0 N–H and O–H groups in total. The van der Waals surface area contributed by atoms with Crippen LogP contribution in [0.5, 0.6) is 0 Å². The molecule has 0 radical (unpaired) electrons. The fourth-order valence-corrected chi connectivity index (χ4v) is 1.64. The number of hydrogen-bond donors (Lipinski definition) is 0. The number of carbonyl (C=O) groups excluding carboxylic acids is 1. The first-order chi connectivity index (χ1) is 8.82. The summed E-state index contributed by atoms with van der Waals surface area (Å²) >= 11 is 0. The highest BCUT2D eigenvalue weighted by Crippen LogP contribution is 2.33. The van der Waals surface area contributed by atoms with E-state index >= 15 is 0 Å². The molecule has 0 aliphatic carbocycles. The summed E-state index contributed by atoms with van der Waals surface area (Å²) in [6.07, 6.45) is -0.458. The van der Waals surface area contributed by atoms with E-state index in [2.05, 4.69) is 0 Å². The number of fused-ring (bicyclic) bond motifs is 1. The zero-order valence-corrected chi connectivity index (χ0v) is 8.63. The van der Waals surface area contributed by atoms with Gasteiger partial charge in [0.1, 0.15) is 0 Å². The molecule has 0 aliphatic rings. The molecule has 0 aromatic heterocycles. The number of halogens is 7. The second-order valence-electron chi connectivity index (χ2n) is 3.48. The summed E-state index contributed by atoms with van der Waals surface area (Å²) in [6.45, 7) is 0. The zero-order valence-electron chi connectivity index (χ0n) is 8.63. The van der Waals surface area contributed by atoms with Crippen LogP contribution in [0.15, 0.2) is 0 Å². The van der Waals surface area contributed by atoms with E-state index in [1.807, 2.05) is 0 Å². The second-order valence-corrected chi connectivity index (χ2v) is 3.48. The smallest absolute Gasteiger partial charge is 0.198 e. The van der Waals surface area contributed by atoms with Gasteiger partial charge in [0.15, 0.2) is 47.0 Å². The lowest BCUT2D eigenvalue weighted by Crippen LogP contribution is -2.07. The van der Waals surface area contributed by atoms with Crippen LogP contribution in [-0.2, 0) is 0 Å². The third-order valence-electron chi connectivity index (χ3n) is 2.50. The molecular weight excluding hydrogens is 281 g/mol. The normalized spacial score (nSPS) is 11.1. The molecule has 0 amide bonds. The molecule has 2 rings (SSSR count). The van der Waals surface area contributed by atoms with Crippen molar-refractivity contribution in [2.75, 3.05) is 0 Å². The van der Waals surface area contributed by atoms with Crippen LogP contribution < -0.4 is 0 Å². The van der Waals surface area contributed by atoms with Gasteiger partial charge in [0.05, 0.1) is 10.9 Å². The summed E-state index contributed by atoms with van der Waals surface area (Å²) in [5, 5.41) is -3.17. The lowest BCUT2D eigenvalue weighted by atomic mass is 10.0. The SMILES string of the molecule is O=Cc1c(F)c(F)c(F)c2c(F)c(F)c(F)c(F)c12. The minimum Gasteiger partial charge on any atom is -0.298 e. The van der Waals surface area contributed by atoms with Crippen molar-refractivity contribution in [2.45, 2.75) is 0 Å². The minimum atomic E-state index is -2.40. The van der Waals surface area contributed by atoms with Gasteiger partial charge in [-0.05, 0) is 0 Å². The average molecular weight is 282 g/mol. The molecule has 0 fully saturated rings. The number of hydrogen-bond acceptors (Lipinski definition) is 1. The molecule has 0 spiro atoms. The molecule has 100 valence electrons. The van der Waals surface area contributed by atoms with Crippen molar-refractivity contribution < 1.29 is 35.5 Å². The highest BCUT2D eigenvalue weighted by molar-refractivity contribution is 5.99. The largest absolute Gasteiger partial charge is 0.298 e. The summed E-state index contributed by atoms with van der Waals surface area (Å²) in [7, 11) is 0. The first kappa shape index (κ1) is 13.3. The number of benzene rings is 2. The first-order valence-electron chi connectivity index (χ1n) is 4.60. The highest BCUT2D eigenvalue weighted by atomic mass is 19.2. The van der Waals surface area contributed by atoms with Gasteiger partial charge in [0, 0.05) is 5.39 Å². The molecule has 0 unspecified atom stereocenters. The molecule has 8 heteroatoms. The third kappa shape index (κ3) is 1.59. The fraction of sp³-hybridized carbons (Fsp3) is 0. The van der Waals surface area contributed by atoms with Crippen molar-refractivity contribution in [3.05, 3.63) is 46.3 Å². The average Bonchev–Trinajstić information content (AvgIpc) is 2.40. The lowest BCUT2D eigenvalue weighted by Gasteiger charge is -2.09. The monoisotopic (exact) mass is 282 g/mol. The molecule has 0 saturated heterocycles. The molecule has 0 saturated carbocycles. The lowest BCUT2D eigenvalue weighted by molar-refractivity contribution is 0.112. The summed E-state index contributed by atoms with van der Waals surface area (Å²) in [6, 6.07) is 0. The molecular formula is C11HF7O. The van der Waals surface area contributed by atoms with Crippen molar-refractivity contribution in [1.29, 1.82) is 0 Å². The Hall–Kier alpha value is -2.12. The topological polar surface area (TPSA) is 17.1 Å².